The molecule has 2 N–H and O–H groups in total. The number of anilines is 2. The minimum atomic E-state index is -0.129. The normalized spacial score (nSPS) is 16.8. The molecule has 2 aliphatic rings. The second-order valence-corrected chi connectivity index (χ2v) is 9.13. The summed E-state index contributed by atoms with van der Waals surface area (Å²) in [6, 6.07) is 17.6. The third-order valence-electron chi connectivity index (χ3n) is 6.69. The van der Waals surface area contributed by atoms with Gasteiger partial charge in [-0.1, -0.05) is 18.2 Å². The molecular weight excluding hydrogens is 442 g/mol. The van der Waals surface area contributed by atoms with Crippen LogP contribution in [-0.4, -0.2) is 61.0 Å². The van der Waals surface area contributed by atoms with E-state index in [1.807, 2.05) is 47.4 Å². The molecular formula is C27H31N5O3. The van der Waals surface area contributed by atoms with Gasteiger partial charge in [0.05, 0.1) is 0 Å². The van der Waals surface area contributed by atoms with Crippen molar-refractivity contribution in [1.29, 1.82) is 0 Å². The SMILES string of the molecule is CC(=O)Nc1ccc(-c2oc(C3CCNCC3)nc2C(=O)N2CCN(c3ccccc3)CC2)cc1. The number of amides is 2. The second kappa shape index (κ2) is 10.3. The lowest BCUT2D eigenvalue weighted by Crippen LogP contribution is -2.49. The third kappa shape index (κ3) is 5.22. The summed E-state index contributed by atoms with van der Waals surface area (Å²) in [5.74, 6) is 1.12. The summed E-state index contributed by atoms with van der Waals surface area (Å²) >= 11 is 0. The van der Waals surface area contributed by atoms with Crippen molar-refractivity contribution in [3.8, 4) is 11.3 Å². The highest BCUT2D eigenvalue weighted by molar-refractivity contribution is 5.98. The van der Waals surface area contributed by atoms with Crippen LogP contribution in [0.3, 0.4) is 0 Å². The standard InChI is InChI=1S/C27H31N5O3/c1-19(33)29-22-9-7-20(8-10-22)25-24(30-26(35-25)21-11-13-28-14-12-21)27(34)32-17-15-31(16-18-32)23-5-3-2-4-6-23/h2-10,21,28H,11-18H2,1H3,(H,29,33). The Labute approximate surface area is 205 Å². The van der Waals surface area contributed by atoms with Gasteiger partial charge in [-0.3, -0.25) is 9.59 Å². The lowest BCUT2D eigenvalue weighted by atomic mass is 9.98. The van der Waals surface area contributed by atoms with E-state index < -0.39 is 0 Å². The van der Waals surface area contributed by atoms with Crippen LogP contribution in [0, 0.1) is 0 Å². The molecule has 3 aromatic rings. The number of benzene rings is 2. The highest BCUT2D eigenvalue weighted by Gasteiger charge is 2.31. The molecule has 35 heavy (non-hydrogen) atoms. The van der Waals surface area contributed by atoms with Crippen LogP contribution < -0.4 is 15.5 Å². The third-order valence-corrected chi connectivity index (χ3v) is 6.69. The van der Waals surface area contributed by atoms with Crippen molar-refractivity contribution in [1.82, 2.24) is 15.2 Å². The number of piperidine rings is 1. The number of piperazine rings is 1. The Kier molecular flexibility index (Phi) is 6.81. The largest absolute Gasteiger partial charge is 0.440 e. The number of carbonyl (C=O) groups is 2. The molecule has 2 aromatic carbocycles. The zero-order valence-electron chi connectivity index (χ0n) is 20.0. The molecule has 0 bridgehead atoms. The molecule has 3 heterocycles. The maximum atomic E-state index is 13.7. The first-order valence-corrected chi connectivity index (χ1v) is 12.3. The van der Waals surface area contributed by atoms with Gasteiger partial charge in [-0.05, 0) is 62.3 Å². The molecule has 2 amide bonds. The predicted octanol–water partition coefficient (Wildman–Crippen LogP) is 3.73. The fraction of sp³-hybridized carbons (Fsp3) is 0.370. The van der Waals surface area contributed by atoms with Crippen molar-refractivity contribution in [3.63, 3.8) is 0 Å². The summed E-state index contributed by atoms with van der Waals surface area (Å²) in [5.41, 5.74) is 3.02. The Morgan fingerprint density at radius 3 is 2.31 bits per heavy atom. The van der Waals surface area contributed by atoms with Crippen molar-refractivity contribution in [2.75, 3.05) is 49.5 Å². The zero-order chi connectivity index (χ0) is 24.2. The van der Waals surface area contributed by atoms with Crippen LogP contribution in [-0.2, 0) is 4.79 Å². The summed E-state index contributed by atoms with van der Waals surface area (Å²) < 4.78 is 6.28. The van der Waals surface area contributed by atoms with Crippen molar-refractivity contribution in [2.24, 2.45) is 0 Å². The number of carbonyl (C=O) groups excluding carboxylic acids is 2. The Hall–Kier alpha value is -3.65. The Balaban J connectivity index is 1.39. The molecule has 0 atom stereocenters. The predicted molar refractivity (Wildman–Crippen MR) is 136 cm³/mol. The zero-order valence-corrected chi connectivity index (χ0v) is 20.0. The van der Waals surface area contributed by atoms with Crippen molar-refractivity contribution in [2.45, 2.75) is 25.7 Å². The van der Waals surface area contributed by atoms with Gasteiger partial charge >= 0.3 is 0 Å². The number of hydrogen-bond donors (Lipinski definition) is 2. The van der Waals surface area contributed by atoms with Gasteiger partial charge in [0.2, 0.25) is 5.91 Å². The molecule has 0 unspecified atom stereocenters. The molecule has 5 rings (SSSR count). The van der Waals surface area contributed by atoms with E-state index in [2.05, 4.69) is 27.7 Å². The van der Waals surface area contributed by atoms with Crippen molar-refractivity contribution < 1.29 is 14.0 Å². The molecule has 2 saturated heterocycles. The number of nitrogens with zero attached hydrogens (tertiary/aromatic N) is 3. The molecule has 0 spiro atoms. The van der Waals surface area contributed by atoms with E-state index in [4.69, 9.17) is 9.40 Å². The molecule has 1 aromatic heterocycles. The number of hydrogen-bond acceptors (Lipinski definition) is 6. The van der Waals surface area contributed by atoms with Crippen LogP contribution in [0.25, 0.3) is 11.3 Å². The summed E-state index contributed by atoms with van der Waals surface area (Å²) in [4.78, 5) is 34.0. The van der Waals surface area contributed by atoms with Crippen molar-refractivity contribution >= 4 is 23.2 Å². The van der Waals surface area contributed by atoms with E-state index in [0.29, 0.717) is 36.1 Å². The molecule has 0 radical (unpaired) electrons. The van der Waals surface area contributed by atoms with Gasteiger partial charge in [0.25, 0.3) is 5.91 Å². The number of nitrogens with one attached hydrogen (secondary N) is 2. The number of oxazole rings is 1. The van der Waals surface area contributed by atoms with Crippen LogP contribution in [0.15, 0.2) is 59.0 Å². The molecule has 0 aliphatic carbocycles. The average Bonchev–Trinajstić information content (AvgIpc) is 3.35. The molecule has 2 fully saturated rings. The molecule has 0 saturated carbocycles. The summed E-state index contributed by atoms with van der Waals surface area (Å²) in [6.45, 7) is 6.11. The Morgan fingerprint density at radius 2 is 1.66 bits per heavy atom. The van der Waals surface area contributed by atoms with Gasteiger partial charge in [0, 0.05) is 56.0 Å². The maximum Gasteiger partial charge on any atom is 0.276 e. The highest BCUT2D eigenvalue weighted by atomic mass is 16.4. The first kappa shape index (κ1) is 23.1. The van der Waals surface area contributed by atoms with Crippen LogP contribution in [0.4, 0.5) is 11.4 Å². The van der Waals surface area contributed by atoms with Gasteiger partial charge in [-0.25, -0.2) is 4.98 Å². The molecule has 8 nitrogen and oxygen atoms in total. The minimum absolute atomic E-state index is 0.0948. The van der Waals surface area contributed by atoms with Gasteiger partial charge in [0.1, 0.15) is 0 Å². The first-order chi connectivity index (χ1) is 17.1. The summed E-state index contributed by atoms with van der Waals surface area (Å²) in [6.07, 6.45) is 1.87. The van der Waals surface area contributed by atoms with E-state index in [9.17, 15) is 9.59 Å². The lowest BCUT2D eigenvalue weighted by Gasteiger charge is -2.35. The van der Waals surface area contributed by atoms with Gasteiger partial charge in [0.15, 0.2) is 17.3 Å². The van der Waals surface area contributed by atoms with Gasteiger partial charge in [-0.15, -0.1) is 0 Å². The second-order valence-electron chi connectivity index (χ2n) is 9.13. The van der Waals surface area contributed by atoms with E-state index in [0.717, 1.165) is 44.6 Å². The quantitative estimate of drug-likeness (QED) is 0.587. The summed E-state index contributed by atoms with van der Waals surface area (Å²) in [7, 11) is 0. The van der Waals surface area contributed by atoms with Gasteiger partial charge < -0.3 is 24.9 Å². The summed E-state index contributed by atoms with van der Waals surface area (Å²) in [5, 5.41) is 6.14. The Bertz CT molecular complexity index is 1160. The monoisotopic (exact) mass is 473 g/mol. The van der Waals surface area contributed by atoms with E-state index in [-0.39, 0.29) is 17.7 Å². The fourth-order valence-corrected chi connectivity index (χ4v) is 4.79. The average molecular weight is 474 g/mol. The number of para-hydroxylation sites is 1. The van der Waals surface area contributed by atoms with Crippen molar-refractivity contribution in [3.05, 3.63) is 66.2 Å². The van der Waals surface area contributed by atoms with Crippen LogP contribution in [0.1, 0.15) is 42.1 Å². The lowest BCUT2D eigenvalue weighted by molar-refractivity contribution is -0.114. The van der Waals surface area contributed by atoms with E-state index >= 15 is 0 Å². The number of rotatable bonds is 5. The van der Waals surface area contributed by atoms with Crippen LogP contribution in [0.2, 0.25) is 0 Å². The minimum Gasteiger partial charge on any atom is -0.440 e. The molecule has 2 aliphatic heterocycles. The fourth-order valence-electron chi connectivity index (χ4n) is 4.79. The maximum absolute atomic E-state index is 13.7. The van der Waals surface area contributed by atoms with Gasteiger partial charge in [-0.2, -0.15) is 0 Å². The van der Waals surface area contributed by atoms with Crippen LogP contribution in [0.5, 0.6) is 0 Å². The van der Waals surface area contributed by atoms with E-state index in [1.54, 1.807) is 0 Å². The van der Waals surface area contributed by atoms with E-state index in [1.165, 1.54) is 12.6 Å². The first-order valence-electron chi connectivity index (χ1n) is 12.3. The Morgan fingerprint density at radius 1 is 0.971 bits per heavy atom. The molecule has 8 heteroatoms. The van der Waals surface area contributed by atoms with Crippen LogP contribution >= 0.6 is 0 Å². The molecule has 182 valence electrons. The number of aromatic nitrogens is 1. The highest BCUT2D eigenvalue weighted by Crippen LogP contribution is 2.33. The smallest absolute Gasteiger partial charge is 0.276 e. The topological polar surface area (TPSA) is 90.7 Å².